The van der Waals surface area contributed by atoms with Crippen molar-refractivity contribution >= 4 is 5.57 Å². The van der Waals surface area contributed by atoms with Gasteiger partial charge < -0.3 is 0 Å². The highest BCUT2D eigenvalue weighted by Gasteiger charge is 2.49. The molecule has 0 aromatic heterocycles. The van der Waals surface area contributed by atoms with Gasteiger partial charge in [-0.1, -0.05) is 97.1 Å². The Balaban J connectivity index is 1.86. The third-order valence-corrected chi connectivity index (χ3v) is 5.43. The Bertz CT molecular complexity index is 932. The van der Waals surface area contributed by atoms with Gasteiger partial charge in [0.15, 0.2) is 0 Å². The van der Waals surface area contributed by atoms with Crippen molar-refractivity contribution in [3.63, 3.8) is 0 Å². The molecule has 0 amide bonds. The minimum atomic E-state index is 0.115. The maximum absolute atomic E-state index is 3.93. The van der Waals surface area contributed by atoms with E-state index >= 15 is 0 Å². The second-order valence-corrected chi connectivity index (χ2v) is 7.16. The first-order valence-corrected chi connectivity index (χ1v) is 9.61. The number of benzene rings is 3. The van der Waals surface area contributed by atoms with Crippen molar-refractivity contribution in [2.45, 2.75) is 24.7 Å². The third-order valence-electron chi connectivity index (χ3n) is 5.43. The van der Waals surface area contributed by atoms with Crippen LogP contribution >= 0.6 is 0 Å². The molecule has 3 aromatic rings. The molecule has 3 aromatic carbocycles. The van der Waals surface area contributed by atoms with Gasteiger partial charge in [0.05, 0.1) is 0 Å². The molecule has 1 aliphatic rings. The average Bonchev–Trinajstić information content (AvgIpc) is 3.46. The van der Waals surface area contributed by atoms with Crippen molar-refractivity contribution in [2.75, 3.05) is 0 Å². The molecule has 0 radical (unpaired) electrons. The summed E-state index contributed by atoms with van der Waals surface area (Å²) in [6, 6.07) is 32.1. The quantitative estimate of drug-likeness (QED) is 0.334. The summed E-state index contributed by atoms with van der Waals surface area (Å²) < 4.78 is 0. The van der Waals surface area contributed by atoms with Gasteiger partial charge in [-0.2, -0.15) is 0 Å². The fourth-order valence-corrected chi connectivity index (χ4v) is 3.86. The predicted octanol–water partition coefficient (Wildman–Crippen LogP) is 6.95. The number of rotatable bonds is 6. The molecule has 0 nitrogen and oxygen atoms in total. The molecule has 1 aliphatic carbocycles. The SMILES string of the molecule is C=CCCC1(c2ccccc2)CC1=C=C(c1ccccc1)c1ccccc1. The van der Waals surface area contributed by atoms with Crippen LogP contribution in [0.3, 0.4) is 0 Å². The highest BCUT2D eigenvalue weighted by atomic mass is 14.5. The van der Waals surface area contributed by atoms with E-state index in [2.05, 4.69) is 103 Å². The summed E-state index contributed by atoms with van der Waals surface area (Å²) in [6.07, 6.45) is 5.22. The molecule has 0 saturated heterocycles. The van der Waals surface area contributed by atoms with Crippen LogP contribution in [0.15, 0.2) is 115 Å². The van der Waals surface area contributed by atoms with Crippen molar-refractivity contribution in [3.8, 4) is 0 Å². The van der Waals surface area contributed by atoms with E-state index < -0.39 is 0 Å². The minimum absolute atomic E-state index is 0.115. The Kier molecular flexibility index (Phi) is 4.92. The fourth-order valence-electron chi connectivity index (χ4n) is 3.86. The zero-order valence-corrected chi connectivity index (χ0v) is 15.6. The molecule has 0 bridgehead atoms. The van der Waals surface area contributed by atoms with Gasteiger partial charge in [0.1, 0.15) is 0 Å². The number of allylic oxidation sites excluding steroid dienone is 2. The van der Waals surface area contributed by atoms with Crippen LogP contribution in [-0.2, 0) is 5.41 Å². The van der Waals surface area contributed by atoms with Gasteiger partial charge in [0.2, 0.25) is 0 Å². The Morgan fingerprint density at radius 1 is 0.815 bits per heavy atom. The summed E-state index contributed by atoms with van der Waals surface area (Å²) >= 11 is 0. The molecule has 1 unspecified atom stereocenters. The summed E-state index contributed by atoms with van der Waals surface area (Å²) in [5.41, 5.74) is 10.4. The molecule has 0 spiro atoms. The largest absolute Gasteiger partial charge is 0.112 e. The first-order chi connectivity index (χ1) is 13.3. The first-order valence-electron chi connectivity index (χ1n) is 9.61. The zero-order valence-electron chi connectivity index (χ0n) is 15.6. The molecule has 1 atom stereocenters. The van der Waals surface area contributed by atoms with Crippen LogP contribution in [0.5, 0.6) is 0 Å². The zero-order chi connectivity index (χ0) is 18.5. The van der Waals surface area contributed by atoms with Crippen molar-refractivity contribution < 1.29 is 0 Å². The maximum atomic E-state index is 3.93. The van der Waals surface area contributed by atoms with Crippen LogP contribution in [0.4, 0.5) is 0 Å². The molecule has 0 N–H and O–H groups in total. The van der Waals surface area contributed by atoms with E-state index in [0.717, 1.165) is 19.3 Å². The highest BCUT2D eigenvalue weighted by Crippen LogP contribution is 2.57. The van der Waals surface area contributed by atoms with Crippen LogP contribution in [0.25, 0.3) is 5.57 Å². The van der Waals surface area contributed by atoms with Crippen molar-refractivity contribution in [1.82, 2.24) is 0 Å². The first kappa shape index (κ1) is 17.3. The lowest BCUT2D eigenvalue weighted by Gasteiger charge is -2.14. The summed E-state index contributed by atoms with van der Waals surface area (Å²) in [6.45, 7) is 3.93. The topological polar surface area (TPSA) is 0 Å². The Labute approximate surface area is 162 Å². The van der Waals surface area contributed by atoms with E-state index in [1.165, 1.54) is 27.8 Å². The van der Waals surface area contributed by atoms with Crippen LogP contribution in [0.1, 0.15) is 36.0 Å². The van der Waals surface area contributed by atoms with Gasteiger partial charge in [-0.05, 0) is 41.5 Å². The third kappa shape index (κ3) is 3.58. The normalized spacial score (nSPS) is 17.9. The van der Waals surface area contributed by atoms with Gasteiger partial charge in [-0.3, -0.25) is 0 Å². The summed E-state index contributed by atoms with van der Waals surface area (Å²) in [5.74, 6) is 0. The van der Waals surface area contributed by atoms with Crippen molar-refractivity contribution in [2.24, 2.45) is 0 Å². The smallest absolute Gasteiger partial charge is 0.0309 e. The van der Waals surface area contributed by atoms with Crippen LogP contribution in [0, 0.1) is 0 Å². The number of hydrogen-bond donors (Lipinski definition) is 0. The highest BCUT2D eigenvalue weighted by molar-refractivity contribution is 5.80. The van der Waals surface area contributed by atoms with Gasteiger partial charge in [-0.15, -0.1) is 12.3 Å². The second-order valence-electron chi connectivity index (χ2n) is 7.16. The molecule has 1 saturated carbocycles. The van der Waals surface area contributed by atoms with E-state index in [0.29, 0.717) is 0 Å². The molecule has 132 valence electrons. The standard InChI is InChI=1S/C27H24/c1-2-3-19-27(24-17-11-6-12-18-24)21-25(27)20-26(22-13-7-4-8-14-22)23-15-9-5-10-16-23/h2,4-18H,1,3,19,21H2. The lowest BCUT2D eigenvalue weighted by Crippen LogP contribution is -2.06. The summed E-state index contributed by atoms with van der Waals surface area (Å²) in [7, 11) is 0. The van der Waals surface area contributed by atoms with Gasteiger partial charge in [0, 0.05) is 11.0 Å². The monoisotopic (exact) mass is 348 g/mol. The van der Waals surface area contributed by atoms with Crippen molar-refractivity contribution in [1.29, 1.82) is 0 Å². The van der Waals surface area contributed by atoms with E-state index in [9.17, 15) is 0 Å². The second kappa shape index (κ2) is 7.66. The van der Waals surface area contributed by atoms with Gasteiger partial charge in [-0.25, -0.2) is 0 Å². The van der Waals surface area contributed by atoms with E-state index in [1.54, 1.807) is 0 Å². The minimum Gasteiger partial charge on any atom is -0.112 e. The lowest BCUT2D eigenvalue weighted by molar-refractivity contribution is 0.653. The van der Waals surface area contributed by atoms with Crippen LogP contribution < -0.4 is 0 Å². The average molecular weight is 348 g/mol. The van der Waals surface area contributed by atoms with E-state index in [-0.39, 0.29) is 5.41 Å². The van der Waals surface area contributed by atoms with Gasteiger partial charge in [0.25, 0.3) is 0 Å². The predicted molar refractivity (Wildman–Crippen MR) is 115 cm³/mol. The molecule has 1 fully saturated rings. The molecule has 0 aliphatic heterocycles. The van der Waals surface area contributed by atoms with E-state index in [4.69, 9.17) is 0 Å². The number of hydrogen-bond acceptors (Lipinski definition) is 0. The molecular formula is C27H24. The van der Waals surface area contributed by atoms with Gasteiger partial charge >= 0.3 is 0 Å². The fraction of sp³-hybridized carbons (Fsp3) is 0.148. The molecule has 0 heterocycles. The van der Waals surface area contributed by atoms with Crippen LogP contribution in [-0.4, -0.2) is 0 Å². The summed E-state index contributed by atoms with van der Waals surface area (Å²) in [4.78, 5) is 0. The Morgan fingerprint density at radius 2 is 1.33 bits per heavy atom. The lowest BCUT2D eigenvalue weighted by atomic mass is 9.89. The van der Waals surface area contributed by atoms with E-state index in [1.807, 2.05) is 6.08 Å². The Morgan fingerprint density at radius 3 is 1.85 bits per heavy atom. The Hall–Kier alpha value is -3.08. The molecular weight excluding hydrogens is 324 g/mol. The molecule has 27 heavy (non-hydrogen) atoms. The maximum Gasteiger partial charge on any atom is 0.0309 e. The molecule has 0 heteroatoms. The summed E-state index contributed by atoms with van der Waals surface area (Å²) in [5, 5.41) is 0. The van der Waals surface area contributed by atoms with Crippen LogP contribution in [0.2, 0.25) is 0 Å². The van der Waals surface area contributed by atoms with Crippen molar-refractivity contribution in [3.05, 3.63) is 132 Å². The molecule has 4 rings (SSSR count).